The van der Waals surface area contributed by atoms with Crippen molar-refractivity contribution in [2.45, 2.75) is 112 Å². The van der Waals surface area contributed by atoms with E-state index in [1.165, 1.54) is 0 Å². The molecule has 0 fully saturated rings. The lowest BCUT2D eigenvalue weighted by Crippen LogP contribution is -2.44. The summed E-state index contributed by atoms with van der Waals surface area (Å²) < 4.78 is 12.6. The van der Waals surface area contributed by atoms with Gasteiger partial charge in [0.1, 0.15) is 11.2 Å². The Bertz CT molecular complexity index is 1560. The van der Waals surface area contributed by atoms with Crippen molar-refractivity contribution >= 4 is 34.0 Å². The fraction of sp³-hybridized carbons (Fsp3) is 0.462. The molecule has 0 aliphatic carbocycles. The minimum absolute atomic E-state index is 0.0286. The maximum Gasteiger partial charge on any atom is 0.193 e. The summed E-state index contributed by atoms with van der Waals surface area (Å²) in [4.78, 5) is 40.1. The van der Waals surface area contributed by atoms with Gasteiger partial charge in [0, 0.05) is 22.1 Å². The molecule has 0 radical (unpaired) electrons. The molecule has 0 unspecified atom stereocenters. The summed E-state index contributed by atoms with van der Waals surface area (Å²) in [6.45, 7) is 25.7. The first-order valence-corrected chi connectivity index (χ1v) is 23.0. The van der Waals surface area contributed by atoms with Crippen LogP contribution in [0.2, 0.25) is 39.3 Å². The molecule has 0 aliphatic heterocycles. The Morgan fingerprint density at radius 3 is 1.35 bits per heavy atom. The number of carbonyl (C=O) groups excluding carboxylic acids is 3. The summed E-state index contributed by atoms with van der Waals surface area (Å²) in [6.07, 6.45) is 1.17. The molecule has 248 valence electrons. The van der Waals surface area contributed by atoms with Crippen molar-refractivity contribution in [2.75, 3.05) is 0 Å². The number of hydrogen-bond donors (Lipinski definition) is 0. The molecule has 3 rings (SSSR count). The quantitative estimate of drug-likeness (QED) is 0.135. The zero-order chi connectivity index (χ0) is 34.9. The predicted molar refractivity (Wildman–Crippen MR) is 194 cm³/mol. The van der Waals surface area contributed by atoms with Crippen molar-refractivity contribution in [3.8, 4) is 0 Å². The average Bonchev–Trinajstić information content (AvgIpc) is 2.90. The lowest BCUT2D eigenvalue weighted by Gasteiger charge is -2.32. The Morgan fingerprint density at radius 2 is 0.913 bits per heavy atom. The smallest absolute Gasteiger partial charge is 0.193 e. The molecule has 0 saturated heterocycles. The Morgan fingerprint density at radius 1 is 0.522 bits per heavy atom. The van der Waals surface area contributed by atoms with Crippen LogP contribution in [0.1, 0.15) is 102 Å². The van der Waals surface area contributed by atoms with Gasteiger partial charge in [-0.15, -0.1) is 0 Å². The van der Waals surface area contributed by atoms with Crippen LogP contribution in [0.3, 0.4) is 0 Å². The highest BCUT2D eigenvalue weighted by atomic mass is 28.4. The van der Waals surface area contributed by atoms with Gasteiger partial charge in [-0.25, -0.2) is 0 Å². The third kappa shape index (κ3) is 10.3. The maximum absolute atomic E-state index is 14.1. The number of carbonyl (C=O) groups is 3. The highest BCUT2D eigenvalue weighted by molar-refractivity contribution is 6.70. The number of rotatable bonds is 13. The van der Waals surface area contributed by atoms with Gasteiger partial charge in [0.2, 0.25) is 0 Å². The number of benzene rings is 3. The Labute approximate surface area is 279 Å². The molecule has 3 aromatic carbocycles. The van der Waals surface area contributed by atoms with Gasteiger partial charge in [-0.2, -0.15) is 0 Å². The Balaban J connectivity index is 1.93. The monoisotopic (exact) mass is 658 g/mol. The third-order valence-electron chi connectivity index (χ3n) is 7.55. The molecule has 5 nitrogen and oxygen atoms in total. The molecule has 0 saturated carbocycles. The van der Waals surface area contributed by atoms with Crippen molar-refractivity contribution in [1.82, 2.24) is 0 Å². The van der Waals surface area contributed by atoms with E-state index in [2.05, 4.69) is 45.3 Å². The fourth-order valence-electron chi connectivity index (χ4n) is 5.83. The molecule has 7 heteroatoms. The van der Waals surface area contributed by atoms with E-state index in [-0.39, 0.29) is 17.3 Å². The lowest BCUT2D eigenvalue weighted by molar-refractivity contribution is 0.0556. The molecule has 0 spiro atoms. The zero-order valence-electron chi connectivity index (χ0n) is 30.3. The van der Waals surface area contributed by atoms with Crippen LogP contribution in [-0.4, -0.2) is 45.2 Å². The van der Waals surface area contributed by atoms with Crippen LogP contribution in [-0.2, 0) is 21.7 Å². The molecule has 0 aliphatic rings. The van der Waals surface area contributed by atoms with Crippen LogP contribution in [0, 0.1) is 5.41 Å². The fourth-order valence-corrected chi connectivity index (χ4v) is 9.08. The number of Topliss-reactive ketones (excluding diaryl/α,β-unsaturated/α-hetero) is 3. The first kappa shape index (κ1) is 37.5. The standard InChI is InChI=1S/C39H54O5Si2/c1-37(2,3)34(40)30-19-16-28(17-20-30)25-32-23-18-29(26-33(32)36(42)39(6,7)44-46(11,12)13)24-27-14-21-31(22-15-27)35(41)38(4,5)43-45(8,9)10/h14-23,26H,24-25H2,1-13H3. The van der Waals surface area contributed by atoms with Crippen LogP contribution < -0.4 is 0 Å². The van der Waals surface area contributed by atoms with Crippen molar-refractivity contribution < 1.29 is 23.2 Å². The van der Waals surface area contributed by atoms with Crippen LogP contribution in [0.25, 0.3) is 0 Å². The zero-order valence-corrected chi connectivity index (χ0v) is 32.3. The SMILES string of the molecule is CC(C)(C)C(=O)c1ccc(Cc2ccc(Cc3ccc(C(=O)C(C)(C)O[Si](C)(C)C)cc3)cc2C(=O)C(C)(C)O[Si](C)(C)C)cc1. The number of ketones is 3. The second-order valence-corrected chi connectivity index (χ2v) is 25.3. The van der Waals surface area contributed by atoms with Gasteiger partial charge >= 0.3 is 0 Å². The van der Waals surface area contributed by atoms with Crippen molar-refractivity contribution in [1.29, 1.82) is 0 Å². The van der Waals surface area contributed by atoms with E-state index in [1.54, 1.807) is 0 Å². The summed E-state index contributed by atoms with van der Waals surface area (Å²) in [6, 6.07) is 21.5. The molecule has 0 heterocycles. The van der Waals surface area contributed by atoms with Crippen LogP contribution in [0.4, 0.5) is 0 Å². The summed E-state index contributed by atoms with van der Waals surface area (Å²) in [7, 11) is -3.92. The third-order valence-corrected chi connectivity index (χ3v) is 9.80. The minimum atomic E-state index is -2.02. The van der Waals surface area contributed by atoms with E-state index in [4.69, 9.17) is 8.85 Å². The van der Waals surface area contributed by atoms with Gasteiger partial charge in [-0.05, 0) is 108 Å². The average molecular weight is 659 g/mol. The van der Waals surface area contributed by atoms with Crippen LogP contribution in [0.15, 0.2) is 66.7 Å². The predicted octanol–water partition coefficient (Wildman–Crippen LogP) is 9.72. The molecule has 0 aromatic heterocycles. The summed E-state index contributed by atoms with van der Waals surface area (Å²) >= 11 is 0. The van der Waals surface area contributed by atoms with Crippen LogP contribution >= 0.6 is 0 Å². The van der Waals surface area contributed by atoms with E-state index >= 15 is 0 Å². The van der Waals surface area contributed by atoms with Gasteiger partial charge in [0.15, 0.2) is 34.0 Å². The van der Waals surface area contributed by atoms with Gasteiger partial charge in [-0.1, -0.05) is 81.4 Å². The normalized spacial score (nSPS) is 13.1. The molecule has 3 aromatic rings. The van der Waals surface area contributed by atoms with Crippen molar-refractivity contribution in [3.05, 3.63) is 106 Å². The molecular weight excluding hydrogens is 605 g/mol. The first-order chi connectivity index (χ1) is 20.9. The molecule has 0 amide bonds. The topological polar surface area (TPSA) is 69.7 Å². The second kappa shape index (κ2) is 13.6. The molecular formula is C39H54O5Si2. The minimum Gasteiger partial charge on any atom is -0.405 e. The Hall–Kier alpha value is -2.98. The van der Waals surface area contributed by atoms with Gasteiger partial charge in [-0.3, -0.25) is 14.4 Å². The van der Waals surface area contributed by atoms with Crippen molar-refractivity contribution in [3.63, 3.8) is 0 Å². The summed E-state index contributed by atoms with van der Waals surface area (Å²) in [5, 5.41) is 0. The molecule has 46 heavy (non-hydrogen) atoms. The Kier molecular flexibility index (Phi) is 11.1. The van der Waals surface area contributed by atoms with Crippen molar-refractivity contribution in [2.24, 2.45) is 5.41 Å². The van der Waals surface area contributed by atoms with E-state index in [0.717, 1.165) is 22.3 Å². The van der Waals surface area contributed by atoms with E-state index in [0.29, 0.717) is 29.5 Å². The summed E-state index contributed by atoms with van der Waals surface area (Å²) in [5.41, 5.74) is 3.63. The van der Waals surface area contributed by atoms with Gasteiger partial charge in [0.05, 0.1) is 0 Å². The van der Waals surface area contributed by atoms with Gasteiger partial charge in [0.25, 0.3) is 0 Å². The largest absolute Gasteiger partial charge is 0.405 e. The maximum atomic E-state index is 14.1. The second-order valence-electron chi connectivity index (χ2n) is 16.4. The highest BCUT2D eigenvalue weighted by Gasteiger charge is 2.36. The van der Waals surface area contributed by atoms with Gasteiger partial charge < -0.3 is 8.85 Å². The lowest BCUT2D eigenvalue weighted by atomic mass is 9.85. The highest BCUT2D eigenvalue weighted by Crippen LogP contribution is 2.29. The van der Waals surface area contributed by atoms with Crippen LogP contribution in [0.5, 0.6) is 0 Å². The van der Waals surface area contributed by atoms with E-state index in [9.17, 15) is 14.4 Å². The molecule has 0 atom stereocenters. The molecule has 0 N–H and O–H groups in total. The van der Waals surface area contributed by atoms with E-state index < -0.39 is 33.3 Å². The first-order valence-electron chi connectivity index (χ1n) is 16.2. The summed E-state index contributed by atoms with van der Waals surface area (Å²) in [5.74, 6) is 0.0292. The van der Waals surface area contributed by atoms with E-state index in [1.807, 2.05) is 109 Å². The molecule has 0 bridgehead atoms. The number of hydrogen-bond acceptors (Lipinski definition) is 5.